The number of hydrogen-bond acceptors (Lipinski definition) is 2. The molecule has 30 heavy (non-hydrogen) atoms. The van der Waals surface area contributed by atoms with Crippen molar-refractivity contribution in [3.05, 3.63) is 90.3 Å². The Hall–Kier alpha value is -3.01. The molecule has 5 rings (SSSR count). The standard InChI is InChI=1S/C25H21N4.Ir/c1-17-9-7-10-18(2)22(17)29-16-15-26-25(29)20-13-8-14-21-23(20)28(3)24(27-21)19-11-5-4-6-12-19;/h4-12,14-16H,1-3H3;/q-1;. The summed E-state index contributed by atoms with van der Waals surface area (Å²) in [6, 6.07) is 24.0. The molecule has 2 heterocycles. The van der Waals surface area contributed by atoms with Crippen LogP contribution in [-0.4, -0.2) is 19.1 Å². The molecule has 0 amide bonds. The minimum atomic E-state index is 0. The number of benzene rings is 3. The zero-order chi connectivity index (χ0) is 20.0. The quantitative estimate of drug-likeness (QED) is 0.269. The third kappa shape index (κ3) is 3.20. The molecule has 0 aliphatic heterocycles. The first-order valence-electron chi connectivity index (χ1n) is 9.68. The maximum atomic E-state index is 4.90. The molecule has 1 radical (unpaired) electrons. The van der Waals surface area contributed by atoms with Gasteiger partial charge in [0.15, 0.2) is 0 Å². The SMILES string of the molecule is Cc1cccc(C)c1-n1ccnc1-c1[c-]ccc2nc(-c3ccccc3)n(C)c12.[Ir]. The molecule has 0 saturated carbocycles. The van der Waals surface area contributed by atoms with Crippen molar-refractivity contribution in [3.8, 4) is 28.5 Å². The van der Waals surface area contributed by atoms with Gasteiger partial charge in [-0.15, -0.1) is 18.2 Å². The Morgan fingerprint density at radius 1 is 0.867 bits per heavy atom. The van der Waals surface area contributed by atoms with Crippen LogP contribution in [0.15, 0.2) is 73.1 Å². The molecule has 0 fully saturated rings. The topological polar surface area (TPSA) is 35.6 Å². The van der Waals surface area contributed by atoms with Crippen molar-refractivity contribution < 1.29 is 20.1 Å². The van der Waals surface area contributed by atoms with E-state index in [0.29, 0.717) is 0 Å². The maximum Gasteiger partial charge on any atom is 0.130 e. The largest absolute Gasteiger partial charge is 0.367 e. The van der Waals surface area contributed by atoms with Crippen LogP contribution in [-0.2, 0) is 27.2 Å². The summed E-state index contributed by atoms with van der Waals surface area (Å²) in [5.41, 5.74) is 7.61. The van der Waals surface area contributed by atoms with Gasteiger partial charge in [-0.3, -0.25) is 4.98 Å². The molecule has 0 spiro atoms. The smallest absolute Gasteiger partial charge is 0.130 e. The van der Waals surface area contributed by atoms with Gasteiger partial charge in [0, 0.05) is 56.3 Å². The van der Waals surface area contributed by atoms with Crippen molar-refractivity contribution in [2.75, 3.05) is 0 Å². The molecule has 0 atom stereocenters. The van der Waals surface area contributed by atoms with E-state index < -0.39 is 0 Å². The van der Waals surface area contributed by atoms with E-state index in [1.165, 1.54) is 11.1 Å². The van der Waals surface area contributed by atoms with E-state index in [1.54, 1.807) is 0 Å². The Balaban J connectivity index is 0.00000218. The minimum Gasteiger partial charge on any atom is -0.367 e. The fourth-order valence-electron chi connectivity index (χ4n) is 4.07. The predicted octanol–water partition coefficient (Wildman–Crippen LogP) is 5.51. The summed E-state index contributed by atoms with van der Waals surface area (Å²) < 4.78 is 4.30. The number of nitrogens with zero attached hydrogens (tertiary/aromatic N) is 4. The zero-order valence-corrected chi connectivity index (χ0v) is 19.4. The van der Waals surface area contributed by atoms with Crippen molar-refractivity contribution in [1.82, 2.24) is 19.1 Å². The van der Waals surface area contributed by atoms with E-state index in [9.17, 15) is 0 Å². The second-order valence-corrected chi connectivity index (χ2v) is 7.31. The molecule has 0 saturated heterocycles. The van der Waals surface area contributed by atoms with Crippen molar-refractivity contribution in [1.29, 1.82) is 0 Å². The Morgan fingerprint density at radius 2 is 1.60 bits per heavy atom. The molecule has 5 aromatic rings. The van der Waals surface area contributed by atoms with Gasteiger partial charge in [0.25, 0.3) is 0 Å². The van der Waals surface area contributed by atoms with E-state index >= 15 is 0 Å². The first-order chi connectivity index (χ1) is 14.1. The van der Waals surface area contributed by atoms with Crippen LogP contribution in [0.1, 0.15) is 11.1 Å². The third-order valence-corrected chi connectivity index (χ3v) is 5.40. The van der Waals surface area contributed by atoms with Crippen LogP contribution >= 0.6 is 0 Å². The fraction of sp³-hybridized carbons (Fsp3) is 0.120. The van der Waals surface area contributed by atoms with Gasteiger partial charge in [0.2, 0.25) is 0 Å². The maximum absolute atomic E-state index is 4.90. The van der Waals surface area contributed by atoms with Crippen LogP contribution in [0.5, 0.6) is 0 Å². The van der Waals surface area contributed by atoms with Gasteiger partial charge in [-0.1, -0.05) is 54.1 Å². The molecule has 0 aliphatic carbocycles. The summed E-state index contributed by atoms with van der Waals surface area (Å²) in [4.78, 5) is 9.61. The molecule has 2 aromatic heterocycles. The number of fused-ring (bicyclic) bond motifs is 1. The Bertz CT molecular complexity index is 1310. The molecule has 0 N–H and O–H groups in total. The van der Waals surface area contributed by atoms with Crippen LogP contribution < -0.4 is 0 Å². The number of para-hydroxylation sites is 1. The Morgan fingerprint density at radius 3 is 2.33 bits per heavy atom. The fourth-order valence-corrected chi connectivity index (χ4v) is 4.07. The Labute approximate surface area is 189 Å². The van der Waals surface area contributed by atoms with E-state index in [0.717, 1.165) is 39.5 Å². The van der Waals surface area contributed by atoms with Gasteiger partial charge < -0.3 is 9.13 Å². The molecular weight excluding hydrogens is 549 g/mol. The number of imidazole rings is 2. The Kier molecular flexibility index (Phi) is 5.42. The van der Waals surface area contributed by atoms with Crippen molar-refractivity contribution in [2.45, 2.75) is 13.8 Å². The molecule has 151 valence electrons. The summed E-state index contributed by atoms with van der Waals surface area (Å²) in [5, 5.41) is 0. The molecule has 0 bridgehead atoms. The van der Waals surface area contributed by atoms with Crippen molar-refractivity contribution in [2.24, 2.45) is 7.05 Å². The summed E-state index contributed by atoms with van der Waals surface area (Å²) in [6.07, 6.45) is 3.87. The van der Waals surface area contributed by atoms with Crippen LogP contribution in [0, 0.1) is 19.9 Å². The first-order valence-corrected chi connectivity index (χ1v) is 9.68. The van der Waals surface area contributed by atoms with Gasteiger partial charge in [-0.25, -0.2) is 4.98 Å². The second kappa shape index (κ2) is 8.02. The number of aryl methyl sites for hydroxylation is 3. The van der Waals surface area contributed by atoms with Gasteiger partial charge >= 0.3 is 0 Å². The predicted molar refractivity (Wildman–Crippen MR) is 117 cm³/mol. The van der Waals surface area contributed by atoms with Crippen LogP contribution in [0.3, 0.4) is 0 Å². The van der Waals surface area contributed by atoms with E-state index in [1.807, 2.05) is 42.7 Å². The number of aromatic nitrogens is 4. The van der Waals surface area contributed by atoms with Gasteiger partial charge in [-0.05, 0) is 30.5 Å². The molecule has 4 nitrogen and oxygen atoms in total. The van der Waals surface area contributed by atoms with Gasteiger partial charge in [0.1, 0.15) is 5.82 Å². The average Bonchev–Trinajstić information content (AvgIpc) is 3.34. The first kappa shape index (κ1) is 20.3. The molecule has 0 aliphatic rings. The summed E-state index contributed by atoms with van der Waals surface area (Å²) in [7, 11) is 2.06. The summed E-state index contributed by atoms with van der Waals surface area (Å²) >= 11 is 0. The summed E-state index contributed by atoms with van der Waals surface area (Å²) in [5.74, 6) is 1.81. The van der Waals surface area contributed by atoms with E-state index in [4.69, 9.17) is 9.97 Å². The summed E-state index contributed by atoms with van der Waals surface area (Å²) in [6.45, 7) is 4.27. The molecular formula is C25H21IrN4-. The molecule has 0 unspecified atom stereocenters. The average molecular weight is 570 g/mol. The molecule has 3 aromatic carbocycles. The van der Waals surface area contributed by atoms with Crippen LogP contribution in [0.4, 0.5) is 0 Å². The molecule has 5 heteroatoms. The number of hydrogen-bond donors (Lipinski definition) is 0. The monoisotopic (exact) mass is 570 g/mol. The van der Waals surface area contributed by atoms with E-state index in [2.05, 4.69) is 66.4 Å². The van der Waals surface area contributed by atoms with Gasteiger partial charge in [-0.2, -0.15) is 0 Å². The number of rotatable bonds is 3. The minimum absolute atomic E-state index is 0. The van der Waals surface area contributed by atoms with Gasteiger partial charge in [0.05, 0.1) is 5.82 Å². The van der Waals surface area contributed by atoms with Crippen LogP contribution in [0.2, 0.25) is 0 Å². The van der Waals surface area contributed by atoms with E-state index in [-0.39, 0.29) is 20.1 Å². The van der Waals surface area contributed by atoms with Crippen LogP contribution in [0.25, 0.3) is 39.5 Å². The zero-order valence-electron chi connectivity index (χ0n) is 17.1. The normalized spacial score (nSPS) is 10.9. The van der Waals surface area contributed by atoms with Crippen molar-refractivity contribution in [3.63, 3.8) is 0 Å². The van der Waals surface area contributed by atoms with Crippen molar-refractivity contribution >= 4 is 11.0 Å². The second-order valence-electron chi connectivity index (χ2n) is 7.31. The third-order valence-electron chi connectivity index (χ3n) is 5.40.